The van der Waals surface area contributed by atoms with Crippen LogP contribution in [0.3, 0.4) is 0 Å². The van der Waals surface area contributed by atoms with Crippen LogP contribution < -0.4 is 4.74 Å². The normalized spacial score (nSPS) is 21.0. The Morgan fingerprint density at radius 3 is 2.92 bits per heavy atom. The number of likely N-dealkylation sites (tertiary alicyclic amines) is 1. The molecule has 6 nitrogen and oxygen atoms in total. The summed E-state index contributed by atoms with van der Waals surface area (Å²) < 4.78 is 7.40. The summed E-state index contributed by atoms with van der Waals surface area (Å²) in [5, 5.41) is 8.52. The second kappa shape index (κ2) is 6.74. The number of benzene rings is 1. The summed E-state index contributed by atoms with van der Waals surface area (Å²) >= 11 is 0. The molecule has 2 fully saturated rings. The minimum Gasteiger partial charge on any atom is -0.497 e. The number of rotatable bonds is 5. The van der Waals surface area contributed by atoms with E-state index in [2.05, 4.69) is 21.7 Å². The minimum absolute atomic E-state index is 0.189. The van der Waals surface area contributed by atoms with Gasteiger partial charge in [-0.3, -0.25) is 4.79 Å². The lowest BCUT2D eigenvalue weighted by atomic mass is 9.62. The fraction of sp³-hybridized carbons (Fsp3) is 0.550. The molecule has 1 amide bonds. The van der Waals surface area contributed by atoms with Crippen molar-refractivity contribution < 1.29 is 9.53 Å². The molecule has 1 atom stereocenters. The van der Waals surface area contributed by atoms with Crippen molar-refractivity contribution in [3.05, 3.63) is 42.0 Å². The summed E-state index contributed by atoms with van der Waals surface area (Å²) in [4.78, 5) is 15.0. The molecule has 1 spiro atoms. The van der Waals surface area contributed by atoms with Gasteiger partial charge in [-0.2, -0.15) is 0 Å². The van der Waals surface area contributed by atoms with Crippen molar-refractivity contribution in [3.8, 4) is 5.75 Å². The SMILES string of the molecule is CCn1cnnc1C1CN(C(=O)Cc2cccc(OC)c2)CC12CCC2. The van der Waals surface area contributed by atoms with Crippen LogP contribution in [0.4, 0.5) is 0 Å². The molecule has 0 bridgehead atoms. The van der Waals surface area contributed by atoms with Crippen LogP contribution in [-0.4, -0.2) is 45.8 Å². The Balaban J connectivity index is 1.52. The van der Waals surface area contributed by atoms with Crippen LogP contribution in [0.5, 0.6) is 5.75 Å². The van der Waals surface area contributed by atoms with E-state index >= 15 is 0 Å². The van der Waals surface area contributed by atoms with Gasteiger partial charge in [-0.15, -0.1) is 10.2 Å². The average Bonchev–Trinajstić information content (AvgIpc) is 3.25. The van der Waals surface area contributed by atoms with Gasteiger partial charge in [0.05, 0.1) is 13.5 Å². The van der Waals surface area contributed by atoms with Gasteiger partial charge >= 0.3 is 0 Å². The maximum Gasteiger partial charge on any atom is 0.227 e. The van der Waals surface area contributed by atoms with E-state index in [-0.39, 0.29) is 11.3 Å². The Labute approximate surface area is 154 Å². The van der Waals surface area contributed by atoms with Gasteiger partial charge in [0.25, 0.3) is 0 Å². The average molecular weight is 354 g/mol. The standard InChI is InChI=1S/C20H26N4O2/c1-3-23-14-21-22-19(23)17-12-24(13-20(17)8-5-9-20)18(25)11-15-6-4-7-16(10-15)26-2/h4,6-7,10,14,17H,3,5,8-9,11-13H2,1-2H3. The molecule has 4 rings (SSSR count). The van der Waals surface area contributed by atoms with Gasteiger partial charge in [-0.05, 0) is 42.9 Å². The summed E-state index contributed by atoms with van der Waals surface area (Å²) in [5.74, 6) is 2.33. The molecule has 0 N–H and O–H groups in total. The van der Waals surface area contributed by atoms with Crippen molar-refractivity contribution in [2.75, 3.05) is 20.2 Å². The maximum atomic E-state index is 13.0. The minimum atomic E-state index is 0.189. The van der Waals surface area contributed by atoms with Gasteiger partial charge in [-0.1, -0.05) is 18.6 Å². The van der Waals surface area contributed by atoms with Crippen molar-refractivity contribution in [1.82, 2.24) is 19.7 Å². The predicted octanol–water partition coefficient (Wildman–Crippen LogP) is 2.65. The molecular weight excluding hydrogens is 328 g/mol. The van der Waals surface area contributed by atoms with Crippen molar-refractivity contribution in [2.45, 2.75) is 45.1 Å². The van der Waals surface area contributed by atoms with E-state index in [1.807, 2.05) is 35.5 Å². The zero-order valence-corrected chi connectivity index (χ0v) is 15.5. The van der Waals surface area contributed by atoms with Crippen molar-refractivity contribution in [1.29, 1.82) is 0 Å². The van der Waals surface area contributed by atoms with Gasteiger partial charge in [0.15, 0.2) is 0 Å². The predicted molar refractivity (Wildman–Crippen MR) is 98.0 cm³/mol. The summed E-state index contributed by atoms with van der Waals surface area (Å²) in [6, 6.07) is 7.77. The summed E-state index contributed by atoms with van der Waals surface area (Å²) in [6.45, 7) is 4.58. The number of carbonyl (C=O) groups is 1. The molecule has 1 aromatic carbocycles. The first-order valence-corrected chi connectivity index (χ1v) is 9.43. The first kappa shape index (κ1) is 17.1. The topological polar surface area (TPSA) is 60.2 Å². The lowest BCUT2D eigenvalue weighted by molar-refractivity contribution is -0.130. The lowest BCUT2D eigenvalue weighted by Gasteiger charge is -2.42. The van der Waals surface area contributed by atoms with Crippen LogP contribution in [0.2, 0.25) is 0 Å². The van der Waals surface area contributed by atoms with Crippen LogP contribution in [-0.2, 0) is 17.8 Å². The molecule has 1 aliphatic heterocycles. The highest BCUT2D eigenvalue weighted by atomic mass is 16.5. The zero-order valence-electron chi connectivity index (χ0n) is 15.5. The Morgan fingerprint density at radius 2 is 2.23 bits per heavy atom. The monoisotopic (exact) mass is 354 g/mol. The van der Waals surface area contributed by atoms with Crippen LogP contribution in [0.15, 0.2) is 30.6 Å². The molecule has 138 valence electrons. The van der Waals surface area contributed by atoms with E-state index < -0.39 is 0 Å². The number of nitrogens with zero attached hydrogens (tertiary/aromatic N) is 4. The fourth-order valence-corrected chi connectivity index (χ4v) is 4.50. The number of amides is 1. The fourth-order valence-electron chi connectivity index (χ4n) is 4.50. The third-order valence-electron chi connectivity index (χ3n) is 6.14. The van der Waals surface area contributed by atoms with Crippen molar-refractivity contribution in [2.24, 2.45) is 5.41 Å². The molecule has 1 aromatic heterocycles. The van der Waals surface area contributed by atoms with E-state index in [0.29, 0.717) is 12.3 Å². The van der Waals surface area contributed by atoms with Crippen molar-refractivity contribution in [3.63, 3.8) is 0 Å². The zero-order chi connectivity index (χ0) is 18.1. The molecule has 26 heavy (non-hydrogen) atoms. The number of aryl methyl sites for hydroxylation is 1. The van der Waals surface area contributed by atoms with Crippen LogP contribution >= 0.6 is 0 Å². The van der Waals surface area contributed by atoms with Crippen molar-refractivity contribution >= 4 is 5.91 Å². The quantitative estimate of drug-likeness (QED) is 0.828. The molecule has 2 aromatic rings. The van der Waals surface area contributed by atoms with Crippen LogP contribution in [0.25, 0.3) is 0 Å². The molecule has 2 heterocycles. The molecule has 1 unspecified atom stereocenters. The number of aromatic nitrogens is 3. The summed E-state index contributed by atoms with van der Waals surface area (Å²) in [7, 11) is 1.65. The second-order valence-corrected chi connectivity index (χ2v) is 7.55. The third-order valence-corrected chi connectivity index (χ3v) is 6.14. The second-order valence-electron chi connectivity index (χ2n) is 7.55. The number of carbonyl (C=O) groups excluding carboxylic acids is 1. The highest BCUT2D eigenvalue weighted by Gasteiger charge is 2.53. The third kappa shape index (κ3) is 2.87. The van der Waals surface area contributed by atoms with Gasteiger partial charge in [0, 0.05) is 25.6 Å². The molecule has 1 aliphatic carbocycles. The smallest absolute Gasteiger partial charge is 0.227 e. The van der Waals surface area contributed by atoms with E-state index in [9.17, 15) is 4.79 Å². The highest BCUT2D eigenvalue weighted by Crippen LogP contribution is 2.55. The first-order valence-electron chi connectivity index (χ1n) is 9.43. The molecule has 1 saturated heterocycles. The van der Waals surface area contributed by atoms with E-state index in [1.54, 1.807) is 7.11 Å². The number of ether oxygens (including phenoxy) is 1. The van der Waals surface area contributed by atoms with E-state index in [0.717, 1.165) is 36.8 Å². The van der Waals surface area contributed by atoms with E-state index in [4.69, 9.17) is 4.74 Å². The van der Waals surface area contributed by atoms with Gasteiger partial charge in [0.2, 0.25) is 5.91 Å². The molecular formula is C20H26N4O2. The largest absolute Gasteiger partial charge is 0.497 e. The Hall–Kier alpha value is -2.37. The van der Waals surface area contributed by atoms with Gasteiger partial charge in [0.1, 0.15) is 17.9 Å². The van der Waals surface area contributed by atoms with Crippen LogP contribution in [0, 0.1) is 5.41 Å². The van der Waals surface area contributed by atoms with Gasteiger partial charge < -0.3 is 14.2 Å². The Morgan fingerprint density at radius 1 is 1.38 bits per heavy atom. The Kier molecular flexibility index (Phi) is 4.42. The molecule has 2 aliphatic rings. The summed E-state index contributed by atoms with van der Waals surface area (Å²) in [6.07, 6.45) is 5.83. The molecule has 1 saturated carbocycles. The van der Waals surface area contributed by atoms with E-state index in [1.165, 1.54) is 19.3 Å². The summed E-state index contributed by atoms with van der Waals surface area (Å²) in [5.41, 5.74) is 1.20. The molecule has 0 radical (unpaired) electrons. The first-order chi connectivity index (χ1) is 12.6. The number of methoxy groups -OCH3 is 1. The van der Waals surface area contributed by atoms with Crippen LogP contribution in [0.1, 0.15) is 43.5 Å². The number of hydrogen-bond donors (Lipinski definition) is 0. The Bertz CT molecular complexity index is 797. The molecule has 6 heteroatoms. The maximum absolute atomic E-state index is 13.0. The highest BCUT2D eigenvalue weighted by molar-refractivity contribution is 5.79. The number of hydrogen-bond acceptors (Lipinski definition) is 4. The lowest BCUT2D eigenvalue weighted by Crippen LogP contribution is -2.38. The van der Waals surface area contributed by atoms with Gasteiger partial charge in [-0.25, -0.2) is 0 Å².